The molecule has 1 atom stereocenters. The second-order valence-electron chi connectivity index (χ2n) is 11.7. The quantitative estimate of drug-likeness (QED) is 0.178. The SMILES string of the molecule is CCOCCN(c1cccc2cc(-c3ncc(CN4CCCC(C(=O)N5CCCC5)C4)s3)[nH]c12)S(=O)(=O)c1cccs1.O=C(O)C(F)(F)F. The highest BCUT2D eigenvalue weighted by atomic mass is 32.2. The third-order valence-electron chi connectivity index (χ3n) is 8.26. The number of aromatic amines is 1. The number of anilines is 1. The molecule has 1 unspecified atom stereocenters. The molecule has 2 fully saturated rings. The summed E-state index contributed by atoms with van der Waals surface area (Å²) in [6, 6.07) is 11.1. The molecule has 2 saturated heterocycles. The second kappa shape index (κ2) is 16.0. The van der Waals surface area contributed by atoms with Crippen LogP contribution in [0.3, 0.4) is 0 Å². The van der Waals surface area contributed by atoms with Crippen molar-refractivity contribution in [1.29, 1.82) is 0 Å². The first-order valence-corrected chi connectivity index (χ1v) is 19.0. The van der Waals surface area contributed by atoms with Crippen LogP contribution in [0.4, 0.5) is 18.9 Å². The van der Waals surface area contributed by atoms with Gasteiger partial charge in [0.15, 0.2) is 0 Å². The summed E-state index contributed by atoms with van der Waals surface area (Å²) in [5.74, 6) is -2.34. The number of benzene rings is 1. The molecule has 3 aromatic heterocycles. The summed E-state index contributed by atoms with van der Waals surface area (Å²) in [4.78, 5) is 35.7. The smallest absolute Gasteiger partial charge is 0.475 e. The monoisotopic (exact) mass is 741 g/mol. The van der Waals surface area contributed by atoms with Crippen LogP contribution in [-0.2, 0) is 30.9 Å². The van der Waals surface area contributed by atoms with Gasteiger partial charge in [0, 0.05) is 49.2 Å². The predicted octanol–water partition coefficient (Wildman–Crippen LogP) is 6.05. The van der Waals surface area contributed by atoms with Crippen LogP contribution in [0.5, 0.6) is 0 Å². The number of piperidine rings is 1. The number of alkyl halides is 3. The Bertz CT molecular complexity index is 1820. The van der Waals surface area contributed by atoms with Gasteiger partial charge in [0.05, 0.1) is 36.0 Å². The number of nitrogens with zero attached hydrogens (tertiary/aromatic N) is 4. The first kappa shape index (κ1) is 36.8. The van der Waals surface area contributed by atoms with Crippen molar-refractivity contribution in [1.82, 2.24) is 19.8 Å². The van der Waals surface area contributed by atoms with Gasteiger partial charge in [0.1, 0.15) is 9.22 Å². The van der Waals surface area contributed by atoms with Crippen molar-refractivity contribution in [2.45, 2.75) is 49.5 Å². The van der Waals surface area contributed by atoms with E-state index in [-0.39, 0.29) is 12.5 Å². The Hall–Kier alpha value is -3.51. The van der Waals surface area contributed by atoms with Gasteiger partial charge in [-0.3, -0.25) is 14.0 Å². The van der Waals surface area contributed by atoms with Crippen molar-refractivity contribution in [3.63, 3.8) is 0 Å². The number of carbonyl (C=O) groups excluding carboxylic acids is 1. The highest BCUT2D eigenvalue weighted by Gasteiger charge is 2.38. The van der Waals surface area contributed by atoms with Gasteiger partial charge < -0.3 is 19.7 Å². The molecule has 0 spiro atoms. The molecule has 0 bridgehead atoms. The Morgan fingerprint density at radius 2 is 1.90 bits per heavy atom. The van der Waals surface area contributed by atoms with Crippen LogP contribution < -0.4 is 4.31 Å². The largest absolute Gasteiger partial charge is 0.490 e. The van der Waals surface area contributed by atoms with E-state index in [1.807, 2.05) is 42.3 Å². The van der Waals surface area contributed by atoms with Crippen molar-refractivity contribution >= 4 is 61.2 Å². The number of carboxylic acid groups (broad SMARTS) is 1. The van der Waals surface area contributed by atoms with Crippen LogP contribution in [0, 0.1) is 5.92 Å². The number of rotatable bonds is 11. The summed E-state index contributed by atoms with van der Waals surface area (Å²) in [5, 5.41) is 10.7. The molecule has 5 heterocycles. The van der Waals surface area contributed by atoms with E-state index in [4.69, 9.17) is 19.6 Å². The molecule has 0 aliphatic carbocycles. The van der Waals surface area contributed by atoms with Crippen molar-refractivity contribution < 1.29 is 41.0 Å². The van der Waals surface area contributed by atoms with E-state index in [0.717, 1.165) is 84.9 Å². The van der Waals surface area contributed by atoms with Gasteiger partial charge in [0.25, 0.3) is 10.0 Å². The normalized spacial score (nSPS) is 17.2. The number of thiazole rings is 1. The van der Waals surface area contributed by atoms with Crippen LogP contribution in [0.2, 0.25) is 0 Å². The summed E-state index contributed by atoms with van der Waals surface area (Å²) in [5.41, 5.74) is 2.19. The molecule has 49 heavy (non-hydrogen) atoms. The number of likely N-dealkylation sites (tertiary alicyclic amines) is 2. The lowest BCUT2D eigenvalue weighted by atomic mass is 9.96. The summed E-state index contributed by atoms with van der Waals surface area (Å²) >= 11 is 2.85. The predicted molar refractivity (Wildman–Crippen MR) is 182 cm³/mol. The van der Waals surface area contributed by atoms with E-state index >= 15 is 0 Å². The fourth-order valence-corrected chi connectivity index (χ4v) is 9.46. The fraction of sp³-hybridized carbons (Fsp3) is 0.469. The Morgan fingerprint density at radius 1 is 1.14 bits per heavy atom. The van der Waals surface area contributed by atoms with Gasteiger partial charge >= 0.3 is 12.1 Å². The second-order valence-corrected chi connectivity index (χ2v) is 15.8. The molecular formula is C32H38F3N5O6S3. The molecule has 0 saturated carbocycles. The molecule has 1 aromatic carbocycles. The minimum atomic E-state index is -5.08. The van der Waals surface area contributed by atoms with E-state index < -0.39 is 22.2 Å². The van der Waals surface area contributed by atoms with E-state index in [9.17, 15) is 26.4 Å². The number of fused-ring (bicyclic) bond motifs is 1. The summed E-state index contributed by atoms with van der Waals surface area (Å²) in [6.45, 7) is 7.30. The number of hydrogen-bond acceptors (Lipinski definition) is 9. The highest BCUT2D eigenvalue weighted by Crippen LogP contribution is 2.36. The molecule has 2 aliphatic heterocycles. The third-order valence-corrected chi connectivity index (χ3v) is 12.5. The molecule has 266 valence electrons. The first-order valence-electron chi connectivity index (χ1n) is 15.9. The zero-order valence-electron chi connectivity index (χ0n) is 26.8. The van der Waals surface area contributed by atoms with E-state index in [0.29, 0.717) is 29.0 Å². The fourth-order valence-electron chi connectivity index (χ4n) is 5.97. The van der Waals surface area contributed by atoms with Crippen LogP contribution >= 0.6 is 22.7 Å². The minimum absolute atomic E-state index is 0.0903. The molecule has 2 N–H and O–H groups in total. The van der Waals surface area contributed by atoms with E-state index in [1.54, 1.807) is 28.8 Å². The number of carboxylic acids is 1. The number of thiophene rings is 1. The Kier molecular flexibility index (Phi) is 12.0. The summed E-state index contributed by atoms with van der Waals surface area (Å²) in [7, 11) is -3.76. The van der Waals surface area contributed by atoms with Crippen molar-refractivity contribution in [2.24, 2.45) is 5.92 Å². The molecule has 1 amide bonds. The van der Waals surface area contributed by atoms with E-state index in [1.165, 1.54) is 15.6 Å². The molecule has 11 nitrogen and oxygen atoms in total. The number of sulfonamides is 1. The average Bonchev–Trinajstić information content (AvgIpc) is 3.90. The van der Waals surface area contributed by atoms with Crippen LogP contribution in [-0.4, -0.2) is 97.3 Å². The Balaban J connectivity index is 0.000000606. The van der Waals surface area contributed by atoms with Crippen molar-refractivity contribution in [3.05, 3.63) is 52.9 Å². The number of amides is 1. The molecule has 17 heteroatoms. The number of aromatic nitrogens is 2. The van der Waals surface area contributed by atoms with Crippen LogP contribution in [0.15, 0.2) is 52.2 Å². The molecule has 4 aromatic rings. The van der Waals surface area contributed by atoms with Crippen LogP contribution in [0.1, 0.15) is 37.5 Å². The van der Waals surface area contributed by atoms with E-state index in [2.05, 4.69) is 9.88 Å². The van der Waals surface area contributed by atoms with Gasteiger partial charge in [-0.1, -0.05) is 18.2 Å². The van der Waals surface area contributed by atoms with Gasteiger partial charge in [-0.15, -0.1) is 22.7 Å². The van der Waals surface area contributed by atoms with Gasteiger partial charge in [0.2, 0.25) is 5.91 Å². The highest BCUT2D eigenvalue weighted by molar-refractivity contribution is 7.94. The average molecular weight is 742 g/mol. The standard InChI is InChI=1S/C30H37N5O4S3.C2HF3O2/c1-2-39-16-15-35(42(37,38)27-11-7-17-40-27)26-10-5-8-22-18-25(32-28(22)26)29-31-19-24(41-29)21-33-12-6-9-23(20-33)30(36)34-13-3-4-14-34;3-2(4,5)1(6)7/h5,7-8,10-11,17-19,23,32H,2-4,6,9,12-16,20-21H2,1H3;(H,6,7). The number of para-hydroxylation sites is 1. The maximum atomic E-state index is 13.7. The topological polar surface area (TPSA) is 136 Å². The number of ether oxygens (including phenoxy) is 1. The van der Waals surface area contributed by atoms with Crippen LogP contribution in [0.25, 0.3) is 21.6 Å². The number of aliphatic carboxylic acids is 1. The number of nitrogens with one attached hydrogen (secondary N) is 1. The number of H-pyrrole nitrogens is 1. The van der Waals surface area contributed by atoms with Crippen molar-refractivity contribution in [2.75, 3.05) is 50.2 Å². The molecular weight excluding hydrogens is 704 g/mol. The van der Waals surface area contributed by atoms with Crippen molar-refractivity contribution in [3.8, 4) is 10.7 Å². The third kappa shape index (κ3) is 9.00. The van der Waals surface area contributed by atoms with Gasteiger partial charge in [-0.05, 0) is 62.7 Å². The zero-order valence-corrected chi connectivity index (χ0v) is 29.3. The van der Waals surface area contributed by atoms with Gasteiger partial charge in [-0.25, -0.2) is 18.2 Å². The number of halogens is 3. The first-order chi connectivity index (χ1) is 23.4. The molecule has 6 rings (SSSR count). The maximum absolute atomic E-state index is 13.7. The number of hydrogen-bond donors (Lipinski definition) is 2. The lowest BCUT2D eigenvalue weighted by molar-refractivity contribution is -0.192. The lowest BCUT2D eigenvalue weighted by Gasteiger charge is -2.33. The zero-order chi connectivity index (χ0) is 35.2. The lowest BCUT2D eigenvalue weighted by Crippen LogP contribution is -2.43. The number of carbonyl (C=O) groups is 2. The summed E-state index contributed by atoms with van der Waals surface area (Å²) < 4.78 is 66.4. The van der Waals surface area contributed by atoms with Gasteiger partial charge in [-0.2, -0.15) is 13.2 Å². The molecule has 0 radical (unpaired) electrons. The molecule has 2 aliphatic rings. The minimum Gasteiger partial charge on any atom is -0.475 e. The Morgan fingerprint density at radius 3 is 2.57 bits per heavy atom. The maximum Gasteiger partial charge on any atom is 0.490 e. The Labute approximate surface area is 290 Å². The summed E-state index contributed by atoms with van der Waals surface area (Å²) in [6.07, 6.45) is 1.09.